The fourth-order valence-electron chi connectivity index (χ4n) is 2.59. The monoisotopic (exact) mass is 354 g/mol. The van der Waals surface area contributed by atoms with Crippen LogP contribution < -0.4 is 10.0 Å². The first kappa shape index (κ1) is 17.1. The number of fused-ring (bicyclic) bond motifs is 1. The van der Waals surface area contributed by atoms with E-state index in [-0.39, 0.29) is 10.8 Å². The lowest BCUT2D eigenvalue weighted by molar-refractivity contribution is 0.102. The van der Waals surface area contributed by atoms with Gasteiger partial charge in [0, 0.05) is 23.2 Å². The zero-order valence-electron chi connectivity index (χ0n) is 13.7. The third-order valence-corrected chi connectivity index (χ3v) is 5.36. The van der Waals surface area contributed by atoms with Crippen LogP contribution in [-0.4, -0.2) is 20.9 Å². The van der Waals surface area contributed by atoms with Crippen molar-refractivity contribution >= 4 is 32.4 Å². The molecular weight excluding hydrogens is 336 g/mol. The Morgan fingerprint density at radius 3 is 2.32 bits per heavy atom. The first-order valence-corrected chi connectivity index (χ1v) is 9.38. The summed E-state index contributed by atoms with van der Waals surface area (Å²) in [6.45, 7) is 2.02. The summed E-state index contributed by atoms with van der Waals surface area (Å²) in [6.07, 6.45) is 0. The van der Waals surface area contributed by atoms with E-state index in [9.17, 15) is 13.2 Å². The van der Waals surface area contributed by atoms with Gasteiger partial charge < -0.3 is 5.32 Å². The molecule has 1 amide bonds. The van der Waals surface area contributed by atoms with Crippen molar-refractivity contribution in [3.63, 3.8) is 0 Å². The van der Waals surface area contributed by atoms with Crippen LogP contribution in [0.15, 0.2) is 71.6 Å². The molecule has 0 unspecified atom stereocenters. The summed E-state index contributed by atoms with van der Waals surface area (Å²) < 4.78 is 26.3. The number of carbonyl (C=O) groups excluding carboxylic acids is 1. The molecule has 0 aliphatic carbocycles. The van der Waals surface area contributed by atoms with Crippen molar-refractivity contribution in [3.05, 3.63) is 72.3 Å². The van der Waals surface area contributed by atoms with E-state index in [2.05, 4.69) is 10.0 Å². The van der Waals surface area contributed by atoms with Crippen molar-refractivity contribution in [2.24, 2.45) is 0 Å². The highest BCUT2D eigenvalue weighted by Gasteiger charge is 2.14. The molecule has 0 aliphatic rings. The Kier molecular flexibility index (Phi) is 4.83. The van der Waals surface area contributed by atoms with Gasteiger partial charge in [-0.15, -0.1) is 0 Å². The van der Waals surface area contributed by atoms with Gasteiger partial charge in [0.1, 0.15) is 0 Å². The summed E-state index contributed by atoms with van der Waals surface area (Å²) in [7, 11) is -3.52. The van der Waals surface area contributed by atoms with E-state index in [4.69, 9.17) is 0 Å². The van der Waals surface area contributed by atoms with Crippen LogP contribution in [0.25, 0.3) is 10.8 Å². The molecule has 3 aromatic rings. The van der Waals surface area contributed by atoms with Crippen molar-refractivity contribution in [1.29, 1.82) is 0 Å². The molecular formula is C19H18N2O3S. The van der Waals surface area contributed by atoms with E-state index >= 15 is 0 Å². The highest BCUT2D eigenvalue weighted by atomic mass is 32.2. The fraction of sp³-hybridized carbons (Fsp3) is 0.105. The molecule has 0 aliphatic heterocycles. The number of nitrogens with one attached hydrogen (secondary N) is 2. The van der Waals surface area contributed by atoms with Crippen LogP contribution in [-0.2, 0) is 10.0 Å². The number of benzene rings is 3. The predicted octanol–water partition coefficient (Wildman–Crippen LogP) is 3.39. The van der Waals surface area contributed by atoms with Crippen LogP contribution in [0.5, 0.6) is 0 Å². The second kappa shape index (κ2) is 7.04. The van der Waals surface area contributed by atoms with Crippen molar-refractivity contribution in [2.75, 3.05) is 11.9 Å². The summed E-state index contributed by atoms with van der Waals surface area (Å²) in [5.74, 6) is -0.288. The highest BCUT2D eigenvalue weighted by Crippen LogP contribution is 2.23. The van der Waals surface area contributed by atoms with E-state index in [1.807, 2.05) is 42.5 Å². The second-order valence-corrected chi connectivity index (χ2v) is 7.27. The molecule has 5 nitrogen and oxygen atoms in total. The first-order valence-electron chi connectivity index (χ1n) is 7.90. The molecule has 6 heteroatoms. The smallest absolute Gasteiger partial charge is 0.255 e. The van der Waals surface area contributed by atoms with Gasteiger partial charge in [0.2, 0.25) is 10.0 Å². The van der Waals surface area contributed by atoms with E-state index < -0.39 is 10.0 Å². The van der Waals surface area contributed by atoms with Crippen LogP contribution in [0.1, 0.15) is 17.3 Å². The van der Waals surface area contributed by atoms with Gasteiger partial charge in [0.05, 0.1) is 4.90 Å². The minimum atomic E-state index is -3.52. The summed E-state index contributed by atoms with van der Waals surface area (Å²) >= 11 is 0. The Hall–Kier alpha value is -2.70. The molecule has 128 valence electrons. The third kappa shape index (κ3) is 3.70. The van der Waals surface area contributed by atoms with E-state index in [0.29, 0.717) is 17.8 Å². The maximum atomic E-state index is 12.5. The van der Waals surface area contributed by atoms with Gasteiger partial charge in [-0.1, -0.05) is 43.3 Å². The lowest BCUT2D eigenvalue weighted by Crippen LogP contribution is -2.23. The van der Waals surface area contributed by atoms with Crippen LogP contribution >= 0.6 is 0 Å². The number of carbonyl (C=O) groups is 1. The average Bonchev–Trinajstić information content (AvgIpc) is 2.62. The van der Waals surface area contributed by atoms with Gasteiger partial charge in [0.15, 0.2) is 0 Å². The fourth-order valence-corrected chi connectivity index (χ4v) is 3.63. The molecule has 3 aromatic carbocycles. The SMILES string of the molecule is CCNS(=O)(=O)c1ccc(C(=O)Nc2cccc3ccccc23)cc1. The molecule has 0 fully saturated rings. The van der Waals surface area contributed by atoms with Gasteiger partial charge >= 0.3 is 0 Å². The standard InChI is InChI=1S/C19H18N2O3S/c1-2-20-25(23,24)16-12-10-15(11-13-16)19(22)21-18-9-5-7-14-6-3-4-8-17(14)18/h3-13,20H,2H2,1H3,(H,21,22). The number of sulfonamides is 1. The largest absolute Gasteiger partial charge is 0.321 e. The van der Waals surface area contributed by atoms with E-state index in [1.165, 1.54) is 24.3 Å². The summed E-state index contributed by atoms with van der Waals surface area (Å²) in [6, 6.07) is 19.3. The van der Waals surface area contributed by atoms with Crippen LogP contribution in [0.4, 0.5) is 5.69 Å². The minimum absolute atomic E-state index is 0.135. The molecule has 3 rings (SSSR count). The zero-order chi connectivity index (χ0) is 17.9. The molecule has 0 radical (unpaired) electrons. The number of anilines is 1. The average molecular weight is 354 g/mol. The maximum absolute atomic E-state index is 12.5. The molecule has 0 saturated heterocycles. The Bertz CT molecular complexity index is 1010. The molecule has 0 bridgehead atoms. The molecule has 2 N–H and O–H groups in total. The molecule has 25 heavy (non-hydrogen) atoms. The van der Waals surface area contributed by atoms with Crippen molar-refractivity contribution < 1.29 is 13.2 Å². The number of rotatable bonds is 5. The van der Waals surface area contributed by atoms with Crippen molar-refractivity contribution in [1.82, 2.24) is 4.72 Å². The molecule has 0 spiro atoms. The van der Waals surface area contributed by atoms with Gasteiger partial charge in [-0.3, -0.25) is 4.79 Å². The highest BCUT2D eigenvalue weighted by molar-refractivity contribution is 7.89. The van der Waals surface area contributed by atoms with E-state index in [1.54, 1.807) is 6.92 Å². The normalized spacial score (nSPS) is 11.4. The molecule has 0 heterocycles. The lowest BCUT2D eigenvalue weighted by atomic mass is 10.1. The Morgan fingerprint density at radius 1 is 0.920 bits per heavy atom. The van der Waals surface area contributed by atoms with Gasteiger partial charge in [-0.25, -0.2) is 13.1 Å². The molecule has 0 aromatic heterocycles. The van der Waals surface area contributed by atoms with Crippen LogP contribution in [0, 0.1) is 0 Å². The maximum Gasteiger partial charge on any atom is 0.255 e. The minimum Gasteiger partial charge on any atom is -0.321 e. The Balaban J connectivity index is 1.84. The van der Waals surface area contributed by atoms with Crippen LogP contribution in [0.3, 0.4) is 0 Å². The zero-order valence-corrected chi connectivity index (χ0v) is 14.5. The molecule has 0 atom stereocenters. The number of amides is 1. The van der Waals surface area contributed by atoms with Crippen LogP contribution in [0.2, 0.25) is 0 Å². The van der Waals surface area contributed by atoms with Gasteiger partial charge in [0.25, 0.3) is 5.91 Å². The van der Waals surface area contributed by atoms with Gasteiger partial charge in [-0.2, -0.15) is 0 Å². The number of hydrogen-bond acceptors (Lipinski definition) is 3. The number of hydrogen-bond donors (Lipinski definition) is 2. The van der Waals surface area contributed by atoms with E-state index in [0.717, 1.165) is 10.8 Å². The summed E-state index contributed by atoms with van der Waals surface area (Å²) in [5.41, 5.74) is 1.11. The summed E-state index contributed by atoms with van der Waals surface area (Å²) in [5, 5.41) is 4.86. The topological polar surface area (TPSA) is 75.3 Å². The van der Waals surface area contributed by atoms with Crippen molar-refractivity contribution in [3.8, 4) is 0 Å². The predicted molar refractivity (Wildman–Crippen MR) is 99.2 cm³/mol. The lowest BCUT2D eigenvalue weighted by Gasteiger charge is -2.09. The first-order chi connectivity index (χ1) is 12.0. The quantitative estimate of drug-likeness (QED) is 0.737. The third-order valence-electron chi connectivity index (χ3n) is 3.80. The van der Waals surface area contributed by atoms with Gasteiger partial charge in [-0.05, 0) is 35.7 Å². The summed E-state index contributed by atoms with van der Waals surface area (Å²) in [4.78, 5) is 12.6. The Labute approximate surface area is 146 Å². The second-order valence-electron chi connectivity index (χ2n) is 5.51. The Morgan fingerprint density at radius 2 is 1.60 bits per heavy atom. The van der Waals surface area contributed by atoms with Crippen molar-refractivity contribution in [2.45, 2.75) is 11.8 Å². The molecule has 0 saturated carbocycles.